The first-order valence-electron chi connectivity index (χ1n) is 7.76. The lowest BCUT2D eigenvalue weighted by atomic mass is 10.1. The van der Waals surface area contributed by atoms with Gasteiger partial charge in [0.05, 0.1) is 12.5 Å². The van der Waals surface area contributed by atoms with Gasteiger partial charge in [-0.05, 0) is 32.4 Å². The van der Waals surface area contributed by atoms with Crippen molar-refractivity contribution in [3.05, 3.63) is 35.9 Å². The first-order valence-corrected chi connectivity index (χ1v) is 7.76. The Morgan fingerprint density at radius 2 is 1.96 bits per heavy atom. The van der Waals surface area contributed by atoms with Crippen LogP contribution in [0.3, 0.4) is 0 Å². The van der Waals surface area contributed by atoms with E-state index < -0.39 is 5.97 Å². The summed E-state index contributed by atoms with van der Waals surface area (Å²) in [4.78, 5) is 27.3. The molecule has 1 heterocycles. The van der Waals surface area contributed by atoms with Crippen molar-refractivity contribution in [1.29, 1.82) is 0 Å². The molecule has 1 N–H and O–H groups in total. The molecular formula is C17H25ClN2O3. The molecule has 1 aliphatic heterocycles. The number of amides is 1. The molecule has 1 amide bonds. The number of halogens is 1. The van der Waals surface area contributed by atoms with Crippen LogP contribution in [0.1, 0.15) is 25.8 Å². The Kier molecular flexibility index (Phi) is 7.52. The minimum atomic E-state index is -0.764. The molecule has 1 aromatic rings. The molecule has 2 rings (SSSR count). The van der Waals surface area contributed by atoms with Gasteiger partial charge in [-0.3, -0.25) is 14.5 Å². The zero-order chi connectivity index (χ0) is 16.1. The highest BCUT2D eigenvalue weighted by Gasteiger charge is 2.30. The normalized spacial score (nSPS) is 17.8. The number of carbonyl (C=O) groups is 2. The molecule has 0 spiro atoms. The first kappa shape index (κ1) is 19.5. The van der Waals surface area contributed by atoms with Gasteiger partial charge in [0, 0.05) is 19.1 Å². The largest absolute Gasteiger partial charge is 0.481 e. The number of hydrogen-bond donors (Lipinski definition) is 1. The van der Waals surface area contributed by atoms with E-state index in [0.29, 0.717) is 32.6 Å². The predicted molar refractivity (Wildman–Crippen MR) is 91.6 cm³/mol. The monoisotopic (exact) mass is 340 g/mol. The van der Waals surface area contributed by atoms with Crippen molar-refractivity contribution in [2.45, 2.75) is 32.9 Å². The third kappa shape index (κ3) is 5.52. The van der Waals surface area contributed by atoms with Crippen molar-refractivity contribution in [1.82, 2.24) is 9.80 Å². The van der Waals surface area contributed by atoms with Crippen molar-refractivity contribution in [2.24, 2.45) is 5.92 Å². The van der Waals surface area contributed by atoms with Crippen LogP contribution in [0.15, 0.2) is 30.3 Å². The van der Waals surface area contributed by atoms with Crippen molar-refractivity contribution in [3.8, 4) is 0 Å². The average Bonchev–Trinajstić information content (AvgIpc) is 2.94. The topological polar surface area (TPSA) is 60.9 Å². The molecule has 1 unspecified atom stereocenters. The minimum Gasteiger partial charge on any atom is -0.481 e. The van der Waals surface area contributed by atoms with E-state index in [2.05, 4.69) is 0 Å². The molecule has 0 bridgehead atoms. The standard InChI is InChI=1S/C17H24N2O3.ClH/c1-13(2)19(10-14-6-4-3-5-7-14)16(20)12-18-9-8-15(11-18)17(21)22;/h3-7,13,15H,8-12H2,1-2H3,(H,21,22);1H. The molecule has 0 aromatic heterocycles. The van der Waals surface area contributed by atoms with Crippen LogP contribution < -0.4 is 0 Å². The number of nitrogens with zero attached hydrogens (tertiary/aromatic N) is 2. The maximum Gasteiger partial charge on any atom is 0.307 e. The molecule has 1 fully saturated rings. The molecule has 23 heavy (non-hydrogen) atoms. The highest BCUT2D eigenvalue weighted by Crippen LogP contribution is 2.17. The second kappa shape index (κ2) is 8.89. The van der Waals surface area contributed by atoms with Crippen LogP contribution in [0.25, 0.3) is 0 Å². The van der Waals surface area contributed by atoms with Crippen molar-refractivity contribution >= 4 is 24.3 Å². The van der Waals surface area contributed by atoms with Gasteiger partial charge in [0.2, 0.25) is 5.91 Å². The summed E-state index contributed by atoms with van der Waals surface area (Å²) >= 11 is 0. The third-order valence-corrected chi connectivity index (χ3v) is 4.12. The Hall–Kier alpha value is -1.59. The van der Waals surface area contributed by atoms with Gasteiger partial charge >= 0.3 is 5.97 Å². The molecule has 0 aliphatic carbocycles. The van der Waals surface area contributed by atoms with Gasteiger partial charge < -0.3 is 10.0 Å². The molecule has 1 aliphatic rings. The van der Waals surface area contributed by atoms with Crippen LogP contribution in [0, 0.1) is 5.92 Å². The summed E-state index contributed by atoms with van der Waals surface area (Å²) in [6.07, 6.45) is 0.628. The molecule has 5 nitrogen and oxygen atoms in total. The predicted octanol–water partition coefficient (Wildman–Crippen LogP) is 2.25. The van der Waals surface area contributed by atoms with Crippen molar-refractivity contribution < 1.29 is 14.7 Å². The Balaban J connectivity index is 0.00000264. The Morgan fingerprint density at radius 3 is 2.48 bits per heavy atom. The maximum atomic E-state index is 12.6. The summed E-state index contributed by atoms with van der Waals surface area (Å²) in [6.45, 7) is 6.05. The fourth-order valence-corrected chi connectivity index (χ4v) is 2.80. The Labute approximate surface area is 143 Å². The molecule has 1 aromatic carbocycles. The number of carboxylic acid groups (broad SMARTS) is 1. The second-order valence-electron chi connectivity index (χ2n) is 6.16. The number of likely N-dealkylation sites (tertiary alicyclic amines) is 1. The summed E-state index contributed by atoms with van der Waals surface area (Å²) in [7, 11) is 0. The van der Waals surface area contributed by atoms with Gasteiger partial charge in [-0.15, -0.1) is 12.4 Å². The van der Waals surface area contributed by atoms with Crippen LogP contribution >= 0.6 is 12.4 Å². The highest BCUT2D eigenvalue weighted by molar-refractivity contribution is 5.85. The average molecular weight is 341 g/mol. The van der Waals surface area contributed by atoms with E-state index in [-0.39, 0.29) is 30.3 Å². The van der Waals surface area contributed by atoms with Crippen LogP contribution in [0.2, 0.25) is 0 Å². The number of rotatable bonds is 6. The van der Waals surface area contributed by atoms with Crippen LogP contribution in [0.5, 0.6) is 0 Å². The third-order valence-electron chi connectivity index (χ3n) is 4.12. The van der Waals surface area contributed by atoms with E-state index in [1.165, 1.54) is 0 Å². The number of carbonyl (C=O) groups excluding carboxylic acids is 1. The van der Waals surface area contributed by atoms with Crippen molar-refractivity contribution in [3.63, 3.8) is 0 Å². The van der Waals surface area contributed by atoms with E-state index in [9.17, 15) is 9.59 Å². The summed E-state index contributed by atoms with van der Waals surface area (Å²) in [5.41, 5.74) is 1.11. The lowest BCUT2D eigenvalue weighted by Crippen LogP contribution is -2.43. The van der Waals surface area contributed by atoms with Gasteiger partial charge in [-0.2, -0.15) is 0 Å². The number of benzene rings is 1. The number of carboxylic acids is 1. The Bertz CT molecular complexity index is 522. The molecular weight excluding hydrogens is 316 g/mol. The van der Waals surface area contributed by atoms with E-state index in [4.69, 9.17) is 5.11 Å². The van der Waals surface area contributed by atoms with Gasteiger partial charge in [0.25, 0.3) is 0 Å². The minimum absolute atomic E-state index is 0. The van der Waals surface area contributed by atoms with Gasteiger partial charge in [0.15, 0.2) is 0 Å². The van der Waals surface area contributed by atoms with Crippen LogP contribution in [-0.4, -0.2) is 52.5 Å². The quantitative estimate of drug-likeness (QED) is 0.862. The molecule has 128 valence electrons. The lowest BCUT2D eigenvalue weighted by Gasteiger charge is -2.29. The van der Waals surface area contributed by atoms with Crippen LogP contribution in [-0.2, 0) is 16.1 Å². The van der Waals surface area contributed by atoms with Crippen molar-refractivity contribution in [2.75, 3.05) is 19.6 Å². The first-order chi connectivity index (χ1) is 10.5. The second-order valence-corrected chi connectivity index (χ2v) is 6.16. The highest BCUT2D eigenvalue weighted by atomic mass is 35.5. The Morgan fingerprint density at radius 1 is 1.30 bits per heavy atom. The summed E-state index contributed by atoms with van der Waals surface area (Å²) in [6, 6.07) is 10.0. The smallest absolute Gasteiger partial charge is 0.307 e. The van der Waals surface area contributed by atoms with Gasteiger partial charge in [-0.25, -0.2) is 0 Å². The SMILES string of the molecule is CC(C)N(Cc1ccccc1)C(=O)CN1CCC(C(=O)O)C1.Cl. The van der Waals surface area contributed by atoms with Gasteiger partial charge in [0.1, 0.15) is 0 Å². The lowest BCUT2D eigenvalue weighted by molar-refractivity contribution is -0.141. The zero-order valence-corrected chi connectivity index (χ0v) is 14.5. The number of aliphatic carboxylic acids is 1. The molecule has 1 saturated heterocycles. The van der Waals surface area contributed by atoms with E-state index in [1.807, 2.05) is 54.0 Å². The number of hydrogen-bond acceptors (Lipinski definition) is 3. The molecule has 1 atom stereocenters. The zero-order valence-electron chi connectivity index (χ0n) is 13.6. The maximum absolute atomic E-state index is 12.6. The molecule has 0 radical (unpaired) electrons. The summed E-state index contributed by atoms with van der Waals surface area (Å²) in [5, 5.41) is 9.04. The fraction of sp³-hybridized carbons (Fsp3) is 0.529. The van der Waals surface area contributed by atoms with Crippen LogP contribution in [0.4, 0.5) is 0 Å². The molecule has 6 heteroatoms. The molecule has 0 saturated carbocycles. The fourth-order valence-electron chi connectivity index (χ4n) is 2.80. The van der Waals surface area contributed by atoms with E-state index in [1.54, 1.807) is 0 Å². The van der Waals surface area contributed by atoms with E-state index in [0.717, 1.165) is 5.56 Å². The van der Waals surface area contributed by atoms with E-state index >= 15 is 0 Å². The van der Waals surface area contributed by atoms with Gasteiger partial charge in [-0.1, -0.05) is 30.3 Å². The summed E-state index contributed by atoms with van der Waals surface area (Å²) in [5.74, 6) is -1.04. The summed E-state index contributed by atoms with van der Waals surface area (Å²) < 4.78 is 0.